The van der Waals surface area contributed by atoms with Crippen molar-refractivity contribution < 1.29 is 22.7 Å². The summed E-state index contributed by atoms with van der Waals surface area (Å²) in [5, 5.41) is 3.03. The van der Waals surface area contributed by atoms with E-state index in [-0.39, 0.29) is 28.5 Å². The number of thioether (sulfide) groups is 1. The average molecular weight is 409 g/mol. The SMILES string of the molecule is COc1cc(C(F)(F)C2(C)SC(N[C@@H](C)c3ccc(F)cc3)=NC2=O)ccn1. The zero-order valence-corrected chi connectivity index (χ0v) is 16.2. The van der Waals surface area contributed by atoms with Crippen LogP contribution in [-0.2, 0) is 10.7 Å². The van der Waals surface area contributed by atoms with Gasteiger partial charge < -0.3 is 10.1 Å². The fourth-order valence-electron chi connectivity index (χ4n) is 2.73. The summed E-state index contributed by atoms with van der Waals surface area (Å²) in [6.45, 7) is 2.93. The number of aliphatic imine (C=N–C) groups is 1. The third kappa shape index (κ3) is 3.58. The predicted octanol–water partition coefficient (Wildman–Crippen LogP) is 4.06. The number of halogens is 3. The van der Waals surface area contributed by atoms with E-state index in [1.807, 2.05) is 0 Å². The fraction of sp³-hybridized carbons (Fsp3) is 0.316. The zero-order chi connectivity index (χ0) is 20.5. The lowest BCUT2D eigenvalue weighted by molar-refractivity contribution is -0.130. The molecule has 148 valence electrons. The molecule has 5 nitrogen and oxygen atoms in total. The minimum Gasteiger partial charge on any atom is -0.481 e. The smallest absolute Gasteiger partial charge is 0.296 e. The van der Waals surface area contributed by atoms with Crippen molar-refractivity contribution in [1.82, 2.24) is 10.3 Å². The fourth-order valence-corrected chi connectivity index (χ4v) is 3.86. The van der Waals surface area contributed by atoms with E-state index in [0.717, 1.165) is 24.6 Å². The Bertz CT molecular complexity index is 921. The van der Waals surface area contributed by atoms with Gasteiger partial charge in [0.05, 0.1) is 13.2 Å². The van der Waals surface area contributed by atoms with Crippen LogP contribution in [-0.4, -0.2) is 27.9 Å². The second-order valence-corrected chi connectivity index (χ2v) is 7.84. The first-order chi connectivity index (χ1) is 13.2. The summed E-state index contributed by atoms with van der Waals surface area (Å²) >= 11 is 0.667. The number of nitrogens with zero attached hydrogens (tertiary/aromatic N) is 2. The van der Waals surface area contributed by atoms with Gasteiger partial charge in [-0.2, -0.15) is 13.8 Å². The molecule has 0 aliphatic carbocycles. The molecule has 3 rings (SSSR count). The number of amides is 1. The first-order valence-corrected chi connectivity index (χ1v) is 9.21. The predicted molar refractivity (Wildman–Crippen MR) is 101 cm³/mol. The Labute approximate surface area is 164 Å². The maximum Gasteiger partial charge on any atom is 0.296 e. The van der Waals surface area contributed by atoms with Crippen LogP contribution in [0.4, 0.5) is 13.2 Å². The number of hydrogen-bond acceptors (Lipinski definition) is 5. The lowest BCUT2D eigenvalue weighted by Crippen LogP contribution is -2.45. The molecule has 28 heavy (non-hydrogen) atoms. The van der Waals surface area contributed by atoms with Crippen molar-refractivity contribution in [3.05, 3.63) is 59.5 Å². The molecule has 0 fully saturated rings. The maximum atomic E-state index is 15.2. The topological polar surface area (TPSA) is 63.6 Å². The molecule has 1 aliphatic rings. The molecule has 2 aromatic rings. The van der Waals surface area contributed by atoms with Crippen LogP contribution in [0.25, 0.3) is 0 Å². The molecular weight excluding hydrogens is 391 g/mol. The number of aromatic nitrogens is 1. The van der Waals surface area contributed by atoms with E-state index in [9.17, 15) is 9.18 Å². The van der Waals surface area contributed by atoms with Gasteiger partial charge in [0.1, 0.15) is 5.82 Å². The quantitative estimate of drug-likeness (QED) is 0.807. The van der Waals surface area contributed by atoms with Gasteiger partial charge in [-0.25, -0.2) is 9.37 Å². The summed E-state index contributed by atoms with van der Waals surface area (Å²) in [5.41, 5.74) is 0.349. The number of benzene rings is 1. The first kappa shape index (κ1) is 20.2. The van der Waals surface area contributed by atoms with E-state index >= 15 is 8.78 Å². The molecule has 9 heteroatoms. The second kappa shape index (κ2) is 7.46. The Hall–Kier alpha value is -2.55. The number of pyridine rings is 1. The molecule has 2 heterocycles. The summed E-state index contributed by atoms with van der Waals surface area (Å²) in [6, 6.07) is 7.66. The minimum absolute atomic E-state index is 0.0282. The van der Waals surface area contributed by atoms with Crippen molar-refractivity contribution in [2.24, 2.45) is 4.99 Å². The van der Waals surface area contributed by atoms with Gasteiger partial charge >= 0.3 is 0 Å². The number of nitrogens with one attached hydrogen (secondary N) is 1. The maximum absolute atomic E-state index is 15.2. The molecule has 1 aromatic heterocycles. The number of amidine groups is 1. The van der Waals surface area contributed by atoms with E-state index in [1.165, 1.54) is 25.4 Å². The van der Waals surface area contributed by atoms with Gasteiger partial charge in [-0.3, -0.25) is 4.79 Å². The van der Waals surface area contributed by atoms with Gasteiger partial charge in [0, 0.05) is 17.8 Å². The highest BCUT2D eigenvalue weighted by Crippen LogP contribution is 2.51. The Balaban J connectivity index is 1.80. The van der Waals surface area contributed by atoms with E-state index < -0.39 is 16.6 Å². The van der Waals surface area contributed by atoms with Gasteiger partial charge in [-0.15, -0.1) is 0 Å². The molecule has 0 radical (unpaired) electrons. The summed E-state index contributed by atoms with van der Waals surface area (Å²) in [5.74, 6) is -4.80. The Morgan fingerprint density at radius 1 is 1.25 bits per heavy atom. The Morgan fingerprint density at radius 2 is 1.93 bits per heavy atom. The highest BCUT2D eigenvalue weighted by molar-refractivity contribution is 8.16. The number of carbonyl (C=O) groups is 1. The van der Waals surface area contributed by atoms with Crippen LogP contribution in [0.1, 0.15) is 31.0 Å². The Morgan fingerprint density at radius 3 is 2.57 bits per heavy atom. The van der Waals surface area contributed by atoms with Crippen molar-refractivity contribution in [2.45, 2.75) is 30.6 Å². The molecule has 0 saturated heterocycles. The number of methoxy groups -OCH3 is 1. The lowest BCUT2D eigenvalue weighted by Gasteiger charge is -2.31. The van der Waals surface area contributed by atoms with Gasteiger partial charge in [-0.05, 0) is 37.6 Å². The molecule has 1 amide bonds. The van der Waals surface area contributed by atoms with E-state index in [1.54, 1.807) is 19.1 Å². The molecule has 1 unspecified atom stereocenters. The minimum atomic E-state index is -3.52. The number of ether oxygens (including phenoxy) is 1. The van der Waals surface area contributed by atoms with Crippen molar-refractivity contribution in [3.8, 4) is 5.88 Å². The summed E-state index contributed by atoms with van der Waals surface area (Å²) in [7, 11) is 1.32. The van der Waals surface area contributed by atoms with E-state index in [0.29, 0.717) is 11.8 Å². The monoisotopic (exact) mass is 409 g/mol. The molecule has 1 N–H and O–H groups in total. The number of hydrogen-bond donors (Lipinski definition) is 1. The molecule has 2 atom stereocenters. The van der Waals surface area contributed by atoms with Crippen LogP contribution < -0.4 is 10.1 Å². The average Bonchev–Trinajstić information content (AvgIpc) is 2.97. The highest BCUT2D eigenvalue weighted by Gasteiger charge is 2.61. The summed E-state index contributed by atoms with van der Waals surface area (Å²) in [6.07, 6.45) is 1.20. The van der Waals surface area contributed by atoms with Gasteiger partial charge in [-0.1, -0.05) is 23.9 Å². The molecule has 0 spiro atoms. The van der Waals surface area contributed by atoms with Crippen LogP contribution in [0, 0.1) is 5.82 Å². The molecule has 0 bridgehead atoms. The largest absolute Gasteiger partial charge is 0.481 e. The summed E-state index contributed by atoms with van der Waals surface area (Å²) < 4.78 is 46.3. The molecular formula is C19H18F3N3O2S. The Kier molecular flexibility index (Phi) is 5.38. The standard InChI is InChI=1S/C19H18F3N3O2S/c1-11(12-4-6-14(20)7-5-12)24-17-25-16(26)18(2,28-17)19(21,22)13-8-9-23-15(10-13)27-3/h4-11H,1-3H3,(H,24,25,26)/t11-,18?/m0/s1. The second-order valence-electron chi connectivity index (χ2n) is 6.44. The third-order valence-electron chi connectivity index (χ3n) is 4.53. The normalized spacial score (nSPS) is 20.6. The van der Waals surface area contributed by atoms with Crippen LogP contribution >= 0.6 is 11.8 Å². The number of carbonyl (C=O) groups excluding carboxylic acids is 1. The van der Waals surface area contributed by atoms with Crippen LogP contribution in [0.15, 0.2) is 47.6 Å². The third-order valence-corrected chi connectivity index (χ3v) is 5.77. The van der Waals surface area contributed by atoms with Crippen molar-refractivity contribution in [2.75, 3.05) is 7.11 Å². The van der Waals surface area contributed by atoms with Crippen molar-refractivity contribution >= 4 is 22.8 Å². The first-order valence-electron chi connectivity index (χ1n) is 8.40. The van der Waals surface area contributed by atoms with Crippen molar-refractivity contribution in [3.63, 3.8) is 0 Å². The van der Waals surface area contributed by atoms with Crippen LogP contribution in [0.3, 0.4) is 0 Å². The van der Waals surface area contributed by atoms with E-state index in [2.05, 4.69) is 15.3 Å². The molecule has 1 aromatic carbocycles. The zero-order valence-electron chi connectivity index (χ0n) is 15.4. The van der Waals surface area contributed by atoms with Gasteiger partial charge in [0.15, 0.2) is 9.91 Å². The summed E-state index contributed by atoms with van der Waals surface area (Å²) in [4.78, 5) is 20.0. The van der Waals surface area contributed by atoms with E-state index in [4.69, 9.17) is 4.74 Å². The van der Waals surface area contributed by atoms with Crippen LogP contribution in [0.5, 0.6) is 5.88 Å². The molecule has 0 saturated carbocycles. The highest BCUT2D eigenvalue weighted by atomic mass is 32.2. The van der Waals surface area contributed by atoms with Crippen molar-refractivity contribution in [1.29, 1.82) is 0 Å². The van der Waals surface area contributed by atoms with Gasteiger partial charge in [0.2, 0.25) is 5.88 Å². The number of rotatable bonds is 5. The van der Waals surface area contributed by atoms with Gasteiger partial charge in [0.25, 0.3) is 11.8 Å². The lowest BCUT2D eigenvalue weighted by atomic mass is 9.95. The molecule has 1 aliphatic heterocycles. The van der Waals surface area contributed by atoms with Crippen LogP contribution in [0.2, 0.25) is 0 Å². The number of alkyl halides is 2.